The fourth-order valence-electron chi connectivity index (χ4n) is 3.56. The first-order valence-corrected chi connectivity index (χ1v) is 7.76. The smallest absolute Gasteiger partial charge is 0.112 e. The Kier molecular flexibility index (Phi) is 3.89. The molecule has 0 spiro atoms. The lowest BCUT2D eigenvalue weighted by Gasteiger charge is -2.29. The molecule has 0 unspecified atom stereocenters. The van der Waals surface area contributed by atoms with Crippen molar-refractivity contribution >= 4 is 0 Å². The molecule has 2 N–H and O–H groups in total. The van der Waals surface area contributed by atoms with Crippen LogP contribution >= 0.6 is 0 Å². The summed E-state index contributed by atoms with van der Waals surface area (Å²) in [4.78, 5) is 7.42. The van der Waals surface area contributed by atoms with Gasteiger partial charge in [0.05, 0.1) is 5.69 Å². The van der Waals surface area contributed by atoms with Gasteiger partial charge in [-0.2, -0.15) is 0 Å². The molecule has 1 aromatic heterocycles. The van der Waals surface area contributed by atoms with E-state index in [1.54, 1.807) is 0 Å². The summed E-state index contributed by atoms with van der Waals surface area (Å²) in [6.45, 7) is 4.31. The summed E-state index contributed by atoms with van der Waals surface area (Å²) in [6, 6.07) is 0. The first-order valence-electron chi connectivity index (χ1n) is 7.76. The average Bonchev–Trinajstić information content (AvgIpc) is 2.80. The quantitative estimate of drug-likeness (QED) is 0.898. The van der Waals surface area contributed by atoms with Crippen LogP contribution in [0.4, 0.5) is 0 Å². The van der Waals surface area contributed by atoms with Crippen LogP contribution < -0.4 is 5.73 Å². The van der Waals surface area contributed by atoms with Gasteiger partial charge in [-0.15, -0.1) is 0 Å². The lowest BCUT2D eigenvalue weighted by molar-refractivity contribution is 0.247. The molecule has 4 nitrogen and oxygen atoms in total. The van der Waals surface area contributed by atoms with Crippen LogP contribution in [0.25, 0.3) is 0 Å². The van der Waals surface area contributed by atoms with Crippen LogP contribution in [0.3, 0.4) is 0 Å². The first-order chi connectivity index (χ1) is 9.29. The molecule has 1 saturated heterocycles. The van der Waals surface area contributed by atoms with E-state index in [1.165, 1.54) is 69.0 Å². The molecule has 3 heterocycles. The third-order valence-corrected chi connectivity index (χ3v) is 4.70. The minimum absolute atomic E-state index is 0.666. The van der Waals surface area contributed by atoms with Crippen LogP contribution in [-0.4, -0.2) is 41.1 Å². The van der Waals surface area contributed by atoms with Crippen LogP contribution in [0.15, 0.2) is 0 Å². The Labute approximate surface area is 116 Å². The molecule has 0 aromatic carbocycles. The Morgan fingerprint density at radius 1 is 1.21 bits per heavy atom. The van der Waals surface area contributed by atoms with E-state index in [0.717, 1.165) is 13.0 Å². The van der Waals surface area contributed by atoms with Crippen LogP contribution in [0.1, 0.15) is 48.8 Å². The van der Waals surface area contributed by atoms with Gasteiger partial charge in [0.2, 0.25) is 0 Å². The number of piperidine rings is 1. The van der Waals surface area contributed by atoms with Crippen molar-refractivity contribution in [2.45, 2.75) is 51.0 Å². The molecule has 0 atom stereocenters. The number of aromatic nitrogens is 2. The zero-order chi connectivity index (χ0) is 13.2. The molecule has 3 rings (SSSR count). The molecule has 1 aromatic rings. The predicted octanol–water partition coefficient (Wildman–Crippen LogP) is 1.53. The van der Waals surface area contributed by atoms with Gasteiger partial charge in [0, 0.05) is 24.6 Å². The Balaban J connectivity index is 1.88. The third-order valence-electron chi connectivity index (χ3n) is 4.70. The van der Waals surface area contributed by atoms with Crippen molar-refractivity contribution in [3.63, 3.8) is 0 Å². The molecule has 1 fully saturated rings. The van der Waals surface area contributed by atoms with Gasteiger partial charge in [-0.05, 0) is 58.8 Å². The Morgan fingerprint density at radius 3 is 2.74 bits per heavy atom. The Bertz CT molecular complexity index is 430. The predicted molar refractivity (Wildman–Crippen MR) is 77.4 cm³/mol. The average molecular weight is 262 g/mol. The minimum Gasteiger partial charge on any atom is -0.332 e. The fourth-order valence-corrected chi connectivity index (χ4v) is 3.56. The topological polar surface area (TPSA) is 47.1 Å². The molecule has 4 heteroatoms. The van der Waals surface area contributed by atoms with Gasteiger partial charge < -0.3 is 15.2 Å². The van der Waals surface area contributed by atoms with Gasteiger partial charge in [-0.1, -0.05) is 0 Å². The second kappa shape index (κ2) is 5.63. The number of rotatable bonds is 3. The van der Waals surface area contributed by atoms with Crippen molar-refractivity contribution in [1.82, 2.24) is 14.5 Å². The summed E-state index contributed by atoms with van der Waals surface area (Å²) in [5, 5.41) is 0. The molecule has 2 aliphatic rings. The highest BCUT2D eigenvalue weighted by molar-refractivity contribution is 5.22. The van der Waals surface area contributed by atoms with E-state index >= 15 is 0 Å². The van der Waals surface area contributed by atoms with E-state index in [4.69, 9.17) is 10.7 Å². The van der Waals surface area contributed by atoms with Gasteiger partial charge in [0.25, 0.3) is 0 Å². The van der Waals surface area contributed by atoms with Gasteiger partial charge in [0.15, 0.2) is 0 Å². The molecular weight excluding hydrogens is 236 g/mol. The molecule has 0 amide bonds. The van der Waals surface area contributed by atoms with Gasteiger partial charge in [-0.3, -0.25) is 0 Å². The number of fused-ring (bicyclic) bond motifs is 1. The highest BCUT2D eigenvalue weighted by Gasteiger charge is 2.27. The molecule has 0 bridgehead atoms. The summed E-state index contributed by atoms with van der Waals surface area (Å²) in [5.74, 6) is 2.03. The van der Waals surface area contributed by atoms with E-state index in [9.17, 15) is 0 Å². The summed E-state index contributed by atoms with van der Waals surface area (Å²) >= 11 is 0. The summed E-state index contributed by atoms with van der Waals surface area (Å²) in [5.41, 5.74) is 8.52. The number of imidazole rings is 1. The maximum atomic E-state index is 5.74. The van der Waals surface area contributed by atoms with Crippen molar-refractivity contribution in [1.29, 1.82) is 0 Å². The number of nitrogens with two attached hydrogens (primary N) is 1. The maximum absolute atomic E-state index is 5.74. The fraction of sp³-hybridized carbons (Fsp3) is 0.800. The standard InChI is InChI=1S/C15H26N4/c1-18-10-6-12(7-11-18)15-17-13(5-8-16)14-4-2-3-9-19(14)15/h12H,2-11,16H2,1H3. The lowest BCUT2D eigenvalue weighted by atomic mass is 9.96. The molecule has 0 radical (unpaired) electrons. The van der Waals surface area contributed by atoms with Crippen molar-refractivity contribution in [3.8, 4) is 0 Å². The van der Waals surface area contributed by atoms with Gasteiger partial charge >= 0.3 is 0 Å². The molecule has 0 aliphatic carbocycles. The zero-order valence-electron chi connectivity index (χ0n) is 12.1. The molecule has 106 valence electrons. The molecule has 2 aliphatic heterocycles. The number of likely N-dealkylation sites (tertiary alicyclic amines) is 1. The number of hydrogen-bond donors (Lipinski definition) is 1. The third kappa shape index (κ3) is 2.56. The second-order valence-corrected chi connectivity index (χ2v) is 6.09. The van der Waals surface area contributed by atoms with Crippen LogP contribution in [0.2, 0.25) is 0 Å². The van der Waals surface area contributed by atoms with Crippen LogP contribution in [0.5, 0.6) is 0 Å². The lowest BCUT2D eigenvalue weighted by Crippen LogP contribution is -2.30. The summed E-state index contributed by atoms with van der Waals surface area (Å²) in [6.07, 6.45) is 7.29. The minimum atomic E-state index is 0.666. The van der Waals surface area contributed by atoms with E-state index < -0.39 is 0 Å². The molecule has 19 heavy (non-hydrogen) atoms. The summed E-state index contributed by atoms with van der Waals surface area (Å²) in [7, 11) is 2.22. The van der Waals surface area contributed by atoms with E-state index in [-0.39, 0.29) is 0 Å². The van der Waals surface area contributed by atoms with Gasteiger partial charge in [-0.25, -0.2) is 4.98 Å². The van der Waals surface area contributed by atoms with Crippen molar-refractivity contribution in [2.75, 3.05) is 26.7 Å². The largest absolute Gasteiger partial charge is 0.332 e. The van der Waals surface area contributed by atoms with Crippen molar-refractivity contribution in [3.05, 3.63) is 17.2 Å². The van der Waals surface area contributed by atoms with E-state index in [0.29, 0.717) is 5.92 Å². The monoisotopic (exact) mass is 262 g/mol. The van der Waals surface area contributed by atoms with Crippen LogP contribution in [-0.2, 0) is 19.4 Å². The summed E-state index contributed by atoms with van der Waals surface area (Å²) < 4.78 is 2.53. The number of hydrogen-bond acceptors (Lipinski definition) is 3. The van der Waals surface area contributed by atoms with Gasteiger partial charge in [0.1, 0.15) is 5.82 Å². The first kappa shape index (κ1) is 13.1. The molecule has 0 saturated carbocycles. The van der Waals surface area contributed by atoms with E-state index in [1.807, 2.05) is 0 Å². The number of nitrogens with zero attached hydrogens (tertiary/aromatic N) is 3. The normalized spacial score (nSPS) is 21.6. The highest BCUT2D eigenvalue weighted by atomic mass is 15.1. The highest BCUT2D eigenvalue weighted by Crippen LogP contribution is 2.31. The van der Waals surface area contributed by atoms with E-state index in [2.05, 4.69) is 16.5 Å². The second-order valence-electron chi connectivity index (χ2n) is 6.09. The Morgan fingerprint density at radius 2 is 2.00 bits per heavy atom. The Hall–Kier alpha value is -0.870. The van der Waals surface area contributed by atoms with Crippen molar-refractivity contribution < 1.29 is 0 Å². The zero-order valence-corrected chi connectivity index (χ0v) is 12.1. The SMILES string of the molecule is CN1CCC(c2nc(CCN)c3n2CCCC3)CC1. The van der Waals surface area contributed by atoms with Crippen LogP contribution in [0, 0.1) is 0 Å². The maximum Gasteiger partial charge on any atom is 0.112 e. The molecular formula is C15H26N4. The van der Waals surface area contributed by atoms with Crippen molar-refractivity contribution in [2.24, 2.45) is 5.73 Å².